The van der Waals surface area contributed by atoms with Crippen molar-refractivity contribution in [2.24, 2.45) is 5.84 Å². The van der Waals surface area contributed by atoms with Crippen LogP contribution in [0.2, 0.25) is 10.0 Å². The Hall–Kier alpha value is -7.15. The van der Waals surface area contributed by atoms with E-state index >= 15 is 0 Å². The van der Waals surface area contributed by atoms with Crippen LogP contribution in [-0.2, 0) is 64.2 Å². The summed E-state index contributed by atoms with van der Waals surface area (Å²) in [5.41, 5.74) is 12.4. The minimum Gasteiger partial charge on any atom is -0.474 e. The fraction of sp³-hybridized carbons (Fsp3) is 0.333. The van der Waals surface area contributed by atoms with Gasteiger partial charge in [0.25, 0.3) is 0 Å². The zero-order valence-electron chi connectivity index (χ0n) is 46.6. The van der Waals surface area contributed by atoms with Crippen LogP contribution in [0.4, 0.5) is 25.6 Å². The van der Waals surface area contributed by atoms with Gasteiger partial charge < -0.3 is 25.2 Å². The summed E-state index contributed by atoms with van der Waals surface area (Å²) in [6, 6.07) is 14.3. The third-order valence-corrected chi connectivity index (χ3v) is 12.4. The van der Waals surface area contributed by atoms with E-state index in [-0.39, 0.29) is 39.3 Å². The van der Waals surface area contributed by atoms with Crippen molar-refractivity contribution in [1.29, 1.82) is 0 Å². The first-order valence-corrected chi connectivity index (χ1v) is 26.8. The molecule has 0 aliphatic carbocycles. The molecule has 4 heterocycles. The summed E-state index contributed by atoms with van der Waals surface area (Å²) in [6.07, 6.45) is 2.12. The Kier molecular flexibility index (Phi) is 27.4. The van der Waals surface area contributed by atoms with E-state index in [4.69, 9.17) is 45.0 Å². The van der Waals surface area contributed by atoms with Gasteiger partial charge in [0.15, 0.2) is 0 Å². The number of aryl methyl sites for hydroxylation is 4. The molecule has 0 aliphatic heterocycles. The number of aliphatic carboxylic acids is 1. The standard InChI is InChI=1S/C26H28ClIN6O5.C15H21N3O5.C11H9ClIN3O.CH3F.CH4/c1-13-6-20(32-25(38)39-26(3,4)5)31-14(2)18(13)12-30-23(36)24(37)34-33-21(35)9-15-7-16-10-17(27)11-29-22(16)19(28)8-15;1-8-6-11(18-14(22)23-15(3,4)5)17-9(2)10(8)7-16-12(19)13(20)21;12-8-4-7-1-6(3-10(17)16-14)2-9(13)11(7)15-5-8;1-2;/h6-8,10-11H,9,12H2,1-5H3,(H,30,36)(H,33,35)(H,34,37)(H,31,32,38);6H,7H2,1-5H3,(H,16,19)(H,20,21)(H,17,18,22);1-2,4-5H,3,14H2,(H,16,17);1H3;1H4/i;;;1D;. The van der Waals surface area contributed by atoms with E-state index in [9.17, 15) is 42.7 Å². The van der Waals surface area contributed by atoms with Gasteiger partial charge in [-0.1, -0.05) is 30.6 Å². The van der Waals surface area contributed by atoms with Gasteiger partial charge in [-0.2, -0.15) is 0 Å². The van der Waals surface area contributed by atoms with Crippen molar-refractivity contribution < 1.29 is 58.7 Å². The first-order chi connectivity index (χ1) is 38.2. The van der Waals surface area contributed by atoms with Crippen molar-refractivity contribution in [3.63, 3.8) is 0 Å². The predicted octanol–water partition coefficient (Wildman–Crippen LogP) is 8.85. The Balaban J connectivity index is 0.000000452. The Morgan fingerprint density at radius 2 is 1.02 bits per heavy atom. The maximum Gasteiger partial charge on any atom is 0.413 e. The maximum absolute atomic E-state index is 12.4. The van der Waals surface area contributed by atoms with Crippen molar-refractivity contribution >= 4 is 150 Å². The van der Waals surface area contributed by atoms with E-state index in [0.717, 1.165) is 45.6 Å². The van der Waals surface area contributed by atoms with Gasteiger partial charge in [-0.25, -0.2) is 30.2 Å². The molecule has 0 fully saturated rings. The topological polar surface area (TPSA) is 337 Å². The number of benzene rings is 2. The number of carbonyl (C=O) groups excluding carboxylic acids is 7. The minimum absolute atomic E-state index is 0. The van der Waals surface area contributed by atoms with Crippen molar-refractivity contribution in [2.45, 2.75) is 114 Å². The molecule has 28 heteroatoms. The van der Waals surface area contributed by atoms with Crippen LogP contribution in [0.25, 0.3) is 21.8 Å². The number of hydrogen-bond donors (Lipinski definition) is 9. The first kappa shape index (κ1) is 69.1. The number of fused-ring (bicyclic) bond motifs is 2. The summed E-state index contributed by atoms with van der Waals surface area (Å²) in [6.45, 7) is 17.6. The molecule has 7 amide bonds. The second-order valence-corrected chi connectivity index (χ2v) is 22.4. The van der Waals surface area contributed by atoms with Crippen LogP contribution in [0.15, 0.2) is 60.9 Å². The van der Waals surface area contributed by atoms with Gasteiger partial charge in [0.2, 0.25) is 11.8 Å². The number of carboxylic acids is 1. The van der Waals surface area contributed by atoms with Crippen LogP contribution in [0, 0.1) is 34.8 Å². The lowest BCUT2D eigenvalue weighted by Crippen LogP contribution is -2.48. The molecule has 0 saturated heterocycles. The third-order valence-electron chi connectivity index (χ3n) is 10.4. The van der Waals surface area contributed by atoms with E-state index in [0.29, 0.717) is 49.8 Å². The van der Waals surface area contributed by atoms with Crippen LogP contribution in [-0.4, -0.2) is 91.1 Å². The van der Waals surface area contributed by atoms with Crippen LogP contribution in [0.5, 0.6) is 0 Å². The molecule has 0 spiro atoms. The molecule has 0 aliphatic rings. The molecule has 0 bridgehead atoms. The van der Waals surface area contributed by atoms with Gasteiger partial charge in [0, 0.05) is 54.8 Å². The molecule has 10 N–H and O–H groups in total. The number of ether oxygens (including phenoxy) is 2. The van der Waals surface area contributed by atoms with E-state index in [2.05, 4.69) is 103 Å². The Labute approximate surface area is 511 Å². The van der Waals surface area contributed by atoms with Crippen molar-refractivity contribution in [2.75, 3.05) is 17.8 Å². The number of anilines is 2. The number of halogens is 5. The number of amides is 7. The van der Waals surface area contributed by atoms with Crippen molar-refractivity contribution in [1.82, 2.24) is 46.8 Å². The number of carbonyl (C=O) groups is 8. The average molecular weight is 1400 g/mol. The second kappa shape index (κ2) is 32.5. The number of carboxylic acid groups (broad SMARTS) is 1. The van der Waals surface area contributed by atoms with Crippen molar-refractivity contribution in [3.8, 4) is 0 Å². The SMILES string of the molecule is C.Cc1cc(NC(=O)OC(C)(C)C)nc(C)c1CNC(=O)C(=O)NNC(=O)Cc1cc(I)c2ncc(Cl)cc2c1.Cc1cc(NC(=O)OC(C)(C)C)nc(C)c1CNC(=O)C(=O)O.NNC(=O)Cc1cc(I)c2ncc(Cl)cc2c1.[2H]CF. The molecule has 4 aromatic heterocycles. The summed E-state index contributed by atoms with van der Waals surface area (Å²) in [5.74, 6) is 0.351. The van der Waals surface area contributed by atoms with Gasteiger partial charge in [0.1, 0.15) is 22.8 Å². The summed E-state index contributed by atoms with van der Waals surface area (Å²) in [5, 5.41) is 21.2. The van der Waals surface area contributed by atoms with E-state index in [1.165, 1.54) is 0 Å². The fourth-order valence-electron chi connectivity index (χ4n) is 7.02. The molecule has 23 nitrogen and oxygen atoms in total. The highest BCUT2D eigenvalue weighted by atomic mass is 127. The van der Waals surface area contributed by atoms with Crippen LogP contribution >= 0.6 is 68.4 Å². The molecule has 6 aromatic rings. The molecule has 0 unspecified atom stereocenters. The number of aromatic nitrogens is 4. The molecule has 0 radical (unpaired) electrons. The van der Waals surface area contributed by atoms with Gasteiger partial charge >= 0.3 is 35.9 Å². The highest BCUT2D eigenvalue weighted by Gasteiger charge is 2.21. The van der Waals surface area contributed by atoms with Crippen molar-refractivity contribution in [3.05, 3.63) is 123 Å². The van der Waals surface area contributed by atoms with Crippen LogP contribution in [0.3, 0.4) is 0 Å². The molecule has 2 aromatic carbocycles. The smallest absolute Gasteiger partial charge is 0.413 e. The quantitative estimate of drug-likeness (QED) is 0.0203. The van der Waals surface area contributed by atoms with Crippen LogP contribution in [0.1, 0.15) is 95.1 Å². The number of nitrogens with zero attached hydrogens (tertiary/aromatic N) is 4. The van der Waals surface area contributed by atoms with E-state index < -0.39 is 60.1 Å². The number of nitrogens with one attached hydrogen (secondary N) is 7. The van der Waals surface area contributed by atoms with Crippen LogP contribution < -0.4 is 43.4 Å². The molecule has 0 atom stereocenters. The Morgan fingerprint density at radius 3 is 1.39 bits per heavy atom. The maximum atomic E-state index is 12.4. The second-order valence-electron chi connectivity index (χ2n) is 19.2. The lowest BCUT2D eigenvalue weighted by Gasteiger charge is -2.20. The van der Waals surface area contributed by atoms with Gasteiger partial charge in [-0.3, -0.25) is 65.2 Å². The summed E-state index contributed by atoms with van der Waals surface area (Å²) in [7, 11) is -1.00. The highest BCUT2D eigenvalue weighted by Crippen LogP contribution is 2.26. The zero-order chi connectivity index (χ0) is 61.8. The van der Waals surface area contributed by atoms with Gasteiger partial charge in [-0.05, 0) is 196 Å². The number of hydrogen-bond acceptors (Lipinski definition) is 15. The Morgan fingerprint density at radius 1 is 0.634 bits per heavy atom. The Bertz CT molecular complexity index is 3320. The molecule has 442 valence electrons. The molecule has 82 heavy (non-hydrogen) atoms. The third kappa shape index (κ3) is 23.7. The first-order valence-electron chi connectivity index (χ1n) is 24.6. The normalized spacial score (nSPS) is 10.7. The lowest BCUT2D eigenvalue weighted by molar-refractivity contribution is -0.150. The largest absolute Gasteiger partial charge is 0.474 e. The minimum atomic E-state index is -1.54. The number of nitrogens with two attached hydrogens (primary N) is 1. The number of pyridine rings is 4. The molecular formula is C54H65Cl2FI2N12O11. The zero-order valence-corrected chi connectivity index (χ0v) is 51.4. The molecular weight excluding hydrogens is 1340 g/mol. The van der Waals surface area contributed by atoms with Gasteiger partial charge in [-0.15, -0.1) is 0 Å². The molecule has 6 rings (SSSR count). The number of rotatable bonds is 10. The highest BCUT2D eigenvalue weighted by molar-refractivity contribution is 14.1. The van der Waals surface area contributed by atoms with E-state index in [1.54, 1.807) is 106 Å². The molecule has 0 saturated carbocycles. The number of hydrazine groups is 2. The lowest BCUT2D eigenvalue weighted by atomic mass is 10.1. The fourth-order valence-corrected chi connectivity index (χ4v) is 9.05. The predicted molar refractivity (Wildman–Crippen MR) is 327 cm³/mol. The number of alkyl halides is 1. The van der Waals surface area contributed by atoms with Gasteiger partial charge in [0.05, 0.1) is 42.4 Å². The van der Waals surface area contributed by atoms with E-state index in [1.807, 2.05) is 24.3 Å². The monoisotopic (exact) mass is 1400 g/mol. The average Bonchev–Trinajstić information content (AvgIpc) is 3.54. The summed E-state index contributed by atoms with van der Waals surface area (Å²) >= 11 is 16.2. The summed E-state index contributed by atoms with van der Waals surface area (Å²) in [4.78, 5) is 110. The summed E-state index contributed by atoms with van der Waals surface area (Å²) < 4.78 is 27.7.